The Morgan fingerprint density at radius 1 is 1.29 bits per heavy atom. The SMILES string of the molecule is [Zn][N]1CCOCC1. The molecule has 0 aliphatic carbocycles. The quantitative estimate of drug-likeness (QED) is 0.444. The standard InChI is InChI=1S/C4H8NO.Zn/c1-3-6-4-2-5-1;/h1-4H2;/q-1;+1. The Kier molecular flexibility index (Phi) is 2.23. The first kappa shape index (κ1) is 5.68. The molecule has 0 bridgehead atoms. The minimum absolute atomic E-state index is 0.944. The zero-order valence-electron chi connectivity index (χ0n) is 4.39. The van der Waals surface area contributed by atoms with Crippen molar-refractivity contribution in [3.63, 3.8) is 0 Å². The van der Waals surface area contributed by atoms with Crippen LogP contribution in [0.5, 0.6) is 0 Å². The van der Waals surface area contributed by atoms with Gasteiger partial charge in [0.25, 0.3) is 0 Å². The molecule has 1 rings (SSSR count). The average molecular weight is 152 g/mol. The van der Waals surface area contributed by atoms with E-state index in [4.69, 9.17) is 4.74 Å². The van der Waals surface area contributed by atoms with Crippen molar-refractivity contribution < 1.29 is 23.3 Å². The summed E-state index contributed by atoms with van der Waals surface area (Å²) in [7, 11) is 0. The summed E-state index contributed by atoms with van der Waals surface area (Å²) in [5.74, 6) is 0. The molecule has 0 atom stereocenters. The van der Waals surface area contributed by atoms with E-state index in [1.165, 1.54) is 18.5 Å². The number of ether oxygens (including phenoxy) is 1. The number of hydrogen-bond acceptors (Lipinski definition) is 2. The van der Waals surface area contributed by atoms with Gasteiger partial charge in [0.1, 0.15) is 0 Å². The van der Waals surface area contributed by atoms with E-state index in [2.05, 4.69) is 3.64 Å². The van der Waals surface area contributed by atoms with Gasteiger partial charge in [-0.25, -0.2) is 0 Å². The van der Waals surface area contributed by atoms with Crippen LogP contribution in [0.4, 0.5) is 0 Å². The third-order valence-corrected chi connectivity index (χ3v) is 2.43. The molecule has 1 saturated heterocycles. The predicted octanol–water partition coefficient (Wildman–Crippen LogP) is -0.220. The van der Waals surface area contributed by atoms with Crippen LogP contribution in [0.25, 0.3) is 0 Å². The van der Waals surface area contributed by atoms with Gasteiger partial charge in [-0.1, -0.05) is 0 Å². The molecule has 0 radical (unpaired) electrons. The fourth-order valence-electron chi connectivity index (χ4n) is 0.601. The molecule has 0 aromatic heterocycles. The third-order valence-electron chi connectivity index (χ3n) is 1.10. The molecule has 0 saturated carbocycles. The molecule has 2 nitrogen and oxygen atoms in total. The van der Waals surface area contributed by atoms with Gasteiger partial charge >= 0.3 is 53.2 Å². The molecule has 0 amide bonds. The van der Waals surface area contributed by atoms with Gasteiger partial charge in [-0.2, -0.15) is 0 Å². The van der Waals surface area contributed by atoms with Gasteiger partial charge in [-0.3, -0.25) is 0 Å². The summed E-state index contributed by atoms with van der Waals surface area (Å²) in [6, 6.07) is 0. The molecule has 1 fully saturated rings. The Hall–Kier alpha value is 0.543. The number of rotatable bonds is 0. The summed E-state index contributed by atoms with van der Waals surface area (Å²) in [6.07, 6.45) is 0. The van der Waals surface area contributed by atoms with E-state index >= 15 is 0 Å². The molecule has 37 valence electrons. The summed E-state index contributed by atoms with van der Waals surface area (Å²) < 4.78 is 7.51. The van der Waals surface area contributed by atoms with Gasteiger partial charge in [0.2, 0.25) is 0 Å². The molecular formula is C4H8NOZn. The first-order valence-electron chi connectivity index (χ1n) is 2.53. The zero-order valence-corrected chi connectivity index (χ0v) is 7.36. The number of hydrogen-bond donors (Lipinski definition) is 0. The molecule has 0 aromatic carbocycles. The molecule has 1 aliphatic heterocycles. The van der Waals surface area contributed by atoms with Gasteiger partial charge in [-0.15, -0.1) is 0 Å². The molecule has 0 aromatic rings. The van der Waals surface area contributed by atoms with Crippen LogP contribution < -0.4 is 0 Å². The second kappa shape index (κ2) is 2.75. The van der Waals surface area contributed by atoms with Crippen LogP contribution in [-0.4, -0.2) is 29.9 Å². The molecular weight excluding hydrogens is 143 g/mol. The summed E-state index contributed by atoms with van der Waals surface area (Å²) in [5.41, 5.74) is 0. The normalized spacial score (nSPS) is 25.4. The molecule has 0 spiro atoms. The Morgan fingerprint density at radius 2 is 1.86 bits per heavy atom. The van der Waals surface area contributed by atoms with E-state index in [0.717, 1.165) is 26.3 Å². The molecule has 7 heavy (non-hydrogen) atoms. The van der Waals surface area contributed by atoms with E-state index in [-0.39, 0.29) is 0 Å². The summed E-state index contributed by atoms with van der Waals surface area (Å²) in [6.45, 7) is 4.19. The predicted molar refractivity (Wildman–Crippen MR) is 22.4 cm³/mol. The maximum absolute atomic E-state index is 5.12. The second-order valence-electron chi connectivity index (χ2n) is 1.73. The summed E-state index contributed by atoms with van der Waals surface area (Å²) >= 11 is 1.30. The first-order chi connectivity index (χ1) is 3.39. The average Bonchev–Trinajstić information content (AvgIpc) is 1.69. The zero-order chi connectivity index (χ0) is 5.11. The topological polar surface area (TPSA) is 12.5 Å². The van der Waals surface area contributed by atoms with Crippen LogP contribution in [0.3, 0.4) is 0 Å². The fourth-order valence-corrected chi connectivity index (χ4v) is 1.14. The Bertz CT molecular complexity index is 53.7. The van der Waals surface area contributed by atoms with Crippen molar-refractivity contribution in [1.82, 2.24) is 3.64 Å². The molecule has 1 aliphatic rings. The van der Waals surface area contributed by atoms with Crippen molar-refractivity contribution >= 4 is 0 Å². The van der Waals surface area contributed by atoms with Crippen LogP contribution in [0, 0.1) is 0 Å². The molecule has 0 unspecified atom stereocenters. The van der Waals surface area contributed by atoms with E-state index < -0.39 is 0 Å². The monoisotopic (exact) mass is 150 g/mol. The van der Waals surface area contributed by atoms with Crippen molar-refractivity contribution in [2.45, 2.75) is 0 Å². The summed E-state index contributed by atoms with van der Waals surface area (Å²) in [4.78, 5) is 0. The van der Waals surface area contributed by atoms with Crippen molar-refractivity contribution in [3.05, 3.63) is 0 Å². The molecule has 0 N–H and O–H groups in total. The number of morpholine rings is 1. The van der Waals surface area contributed by atoms with E-state index in [9.17, 15) is 0 Å². The van der Waals surface area contributed by atoms with Crippen molar-refractivity contribution in [3.8, 4) is 0 Å². The van der Waals surface area contributed by atoms with Gasteiger partial charge < -0.3 is 0 Å². The van der Waals surface area contributed by atoms with E-state index in [1.807, 2.05) is 0 Å². The fraction of sp³-hybridized carbons (Fsp3) is 1.00. The van der Waals surface area contributed by atoms with Crippen LogP contribution in [0.15, 0.2) is 0 Å². The third kappa shape index (κ3) is 1.85. The van der Waals surface area contributed by atoms with Crippen molar-refractivity contribution in [2.75, 3.05) is 26.3 Å². The maximum atomic E-state index is 5.12. The molecule has 3 heteroatoms. The Morgan fingerprint density at radius 3 is 2.14 bits per heavy atom. The second-order valence-corrected chi connectivity index (χ2v) is 3.61. The van der Waals surface area contributed by atoms with Crippen LogP contribution in [-0.2, 0) is 23.3 Å². The van der Waals surface area contributed by atoms with Gasteiger partial charge in [-0.05, 0) is 0 Å². The van der Waals surface area contributed by atoms with E-state index in [1.54, 1.807) is 0 Å². The van der Waals surface area contributed by atoms with Crippen LogP contribution >= 0.6 is 0 Å². The van der Waals surface area contributed by atoms with Crippen molar-refractivity contribution in [1.29, 1.82) is 0 Å². The van der Waals surface area contributed by atoms with E-state index in [0.29, 0.717) is 0 Å². The van der Waals surface area contributed by atoms with Gasteiger partial charge in [0.15, 0.2) is 0 Å². The first-order valence-corrected chi connectivity index (χ1v) is 3.85. The van der Waals surface area contributed by atoms with Crippen molar-refractivity contribution in [2.24, 2.45) is 0 Å². The minimum atomic E-state index is 0.944. The number of nitrogens with zero attached hydrogens (tertiary/aromatic N) is 1. The van der Waals surface area contributed by atoms with Crippen LogP contribution in [0.2, 0.25) is 0 Å². The summed E-state index contributed by atoms with van der Waals surface area (Å²) in [5, 5.41) is 0. The van der Waals surface area contributed by atoms with Gasteiger partial charge in [0.05, 0.1) is 0 Å². The van der Waals surface area contributed by atoms with Gasteiger partial charge in [0, 0.05) is 0 Å². The Balaban J connectivity index is 2.12. The Labute approximate surface area is 53.8 Å². The van der Waals surface area contributed by atoms with Crippen LogP contribution in [0.1, 0.15) is 0 Å². The molecule has 1 heterocycles.